The number of fused-ring (bicyclic) bond motifs is 1. The second-order valence-corrected chi connectivity index (χ2v) is 9.96. The molecule has 2 atom stereocenters. The first-order chi connectivity index (χ1) is 20.1. The minimum Gasteiger partial charge on any atom is -0.352 e. The minimum atomic E-state index is -4.77. The summed E-state index contributed by atoms with van der Waals surface area (Å²) in [5.41, 5.74) is 5.19. The van der Waals surface area contributed by atoms with Crippen LogP contribution in [0.4, 0.5) is 39.5 Å². The van der Waals surface area contributed by atoms with Gasteiger partial charge in [0.2, 0.25) is 17.6 Å². The molecule has 0 spiro atoms. The van der Waals surface area contributed by atoms with Gasteiger partial charge in [-0.25, -0.2) is 26.3 Å². The van der Waals surface area contributed by atoms with E-state index >= 15 is 0 Å². The van der Waals surface area contributed by atoms with Gasteiger partial charge in [0.15, 0.2) is 29.1 Å². The third-order valence-corrected chi connectivity index (χ3v) is 6.72. The summed E-state index contributed by atoms with van der Waals surface area (Å²) in [5.74, 6) is -10.8. The Hall–Kier alpha value is -4.15. The van der Waals surface area contributed by atoms with Crippen molar-refractivity contribution in [3.05, 3.63) is 81.9 Å². The number of hydrogen-bond donors (Lipinski definition) is 2. The van der Waals surface area contributed by atoms with Crippen molar-refractivity contribution >= 4 is 11.8 Å². The average molecular weight is 622 g/mol. The van der Waals surface area contributed by atoms with Crippen molar-refractivity contribution < 1.29 is 49.1 Å². The highest BCUT2D eigenvalue weighted by Gasteiger charge is 2.40. The monoisotopic (exact) mass is 622 g/mol. The number of nitrogens with one attached hydrogen (secondary N) is 1. The van der Waals surface area contributed by atoms with Gasteiger partial charge in [-0.3, -0.25) is 9.59 Å². The summed E-state index contributed by atoms with van der Waals surface area (Å²) in [4.78, 5) is 27.0. The molecule has 2 aromatic carbocycles. The van der Waals surface area contributed by atoms with Crippen LogP contribution in [-0.2, 0) is 41.7 Å². The van der Waals surface area contributed by atoms with Crippen LogP contribution in [0.2, 0.25) is 0 Å². The normalized spacial score (nSPS) is 14.8. The van der Waals surface area contributed by atoms with Gasteiger partial charge in [0, 0.05) is 50.1 Å². The molecule has 17 heteroatoms. The van der Waals surface area contributed by atoms with E-state index in [4.69, 9.17) is 5.73 Å². The number of carbonyl (C=O) groups is 2. The maximum Gasteiger partial charge on any atom is 0.451 e. The molecule has 1 aliphatic heterocycles. The van der Waals surface area contributed by atoms with E-state index < -0.39 is 95.6 Å². The second kappa shape index (κ2) is 12.6. The number of aromatic nitrogens is 3. The van der Waals surface area contributed by atoms with Crippen LogP contribution in [0.5, 0.6) is 0 Å². The Bertz CT molecular complexity index is 1530. The third kappa shape index (κ3) is 7.63. The first-order valence-electron chi connectivity index (χ1n) is 12.7. The second-order valence-electron chi connectivity index (χ2n) is 9.96. The smallest absolute Gasteiger partial charge is 0.352 e. The van der Waals surface area contributed by atoms with Crippen molar-refractivity contribution in [3.8, 4) is 0 Å². The van der Waals surface area contributed by atoms with Gasteiger partial charge in [-0.05, 0) is 36.1 Å². The van der Waals surface area contributed by atoms with Crippen LogP contribution in [0.1, 0.15) is 35.6 Å². The van der Waals surface area contributed by atoms with Crippen molar-refractivity contribution in [2.45, 2.75) is 57.0 Å². The van der Waals surface area contributed by atoms with Gasteiger partial charge in [-0.2, -0.15) is 13.2 Å². The predicted molar refractivity (Wildman–Crippen MR) is 130 cm³/mol. The van der Waals surface area contributed by atoms with Crippen molar-refractivity contribution in [1.82, 2.24) is 25.0 Å². The Labute approximate surface area is 237 Å². The molecule has 3 aromatic rings. The summed E-state index contributed by atoms with van der Waals surface area (Å²) < 4.78 is 123. The Kier molecular flexibility index (Phi) is 9.32. The van der Waals surface area contributed by atoms with E-state index in [1.807, 2.05) is 0 Å². The predicted octanol–water partition coefficient (Wildman–Crippen LogP) is 3.55. The van der Waals surface area contributed by atoms with Crippen LogP contribution in [0.25, 0.3) is 0 Å². The lowest BCUT2D eigenvalue weighted by molar-refractivity contribution is -0.148. The maximum atomic E-state index is 14.4. The minimum absolute atomic E-state index is 0.144. The summed E-state index contributed by atoms with van der Waals surface area (Å²) in [6, 6.07) is -0.611. The molecule has 1 unspecified atom stereocenters. The highest BCUT2D eigenvalue weighted by Crippen LogP contribution is 2.29. The van der Waals surface area contributed by atoms with Crippen molar-refractivity contribution in [2.24, 2.45) is 5.73 Å². The van der Waals surface area contributed by atoms with Crippen molar-refractivity contribution in [1.29, 1.82) is 0 Å². The summed E-state index contributed by atoms with van der Waals surface area (Å²) >= 11 is 0. The Morgan fingerprint density at radius 1 is 0.814 bits per heavy atom. The van der Waals surface area contributed by atoms with Gasteiger partial charge >= 0.3 is 6.18 Å². The van der Waals surface area contributed by atoms with Gasteiger partial charge in [-0.15, -0.1) is 10.2 Å². The lowest BCUT2D eigenvalue weighted by atomic mass is 10.00. The standard InChI is InChI=1S/C26H23F9N6O2/c27-16-9-20(31)18(29)5-12(16)3-14(36)7-23(42)37-15(4-13-6-19(30)21(32)10-17(13)28)8-24(43)40-1-2-41-22(11-40)38-39-25(41)26(33,34)35/h5-6,9-10,14-15H,1-4,7-8,11,36H2,(H,37,42)/t14-,15?/m0/s1. The van der Waals surface area contributed by atoms with Gasteiger partial charge in [-0.1, -0.05) is 0 Å². The van der Waals surface area contributed by atoms with Crippen molar-refractivity contribution in [3.63, 3.8) is 0 Å². The summed E-state index contributed by atoms with van der Waals surface area (Å²) in [5, 5.41) is 9.04. The van der Waals surface area contributed by atoms with Gasteiger partial charge in [0.05, 0.1) is 6.54 Å². The molecule has 0 radical (unpaired) electrons. The molecular formula is C26H23F9N6O2. The molecule has 0 fully saturated rings. The zero-order valence-corrected chi connectivity index (χ0v) is 22.0. The van der Waals surface area contributed by atoms with Crippen molar-refractivity contribution in [2.75, 3.05) is 6.54 Å². The average Bonchev–Trinajstić information content (AvgIpc) is 3.34. The zero-order valence-electron chi connectivity index (χ0n) is 22.0. The number of nitrogens with zero attached hydrogens (tertiary/aromatic N) is 4. The van der Waals surface area contributed by atoms with Gasteiger partial charge < -0.3 is 20.5 Å². The number of carbonyl (C=O) groups excluding carboxylic acids is 2. The highest BCUT2D eigenvalue weighted by atomic mass is 19.4. The molecule has 8 nitrogen and oxygen atoms in total. The SMILES string of the molecule is N[C@H](CC(=O)NC(CC(=O)N1CCn2c(nnc2C(F)(F)F)C1)Cc1cc(F)c(F)cc1F)Cc1cc(F)c(F)cc1F. The Morgan fingerprint density at radius 2 is 1.37 bits per heavy atom. The summed E-state index contributed by atoms with van der Waals surface area (Å²) in [7, 11) is 0. The molecule has 0 aliphatic carbocycles. The van der Waals surface area contributed by atoms with Gasteiger partial charge in [0.25, 0.3) is 0 Å². The van der Waals surface area contributed by atoms with Crippen LogP contribution < -0.4 is 11.1 Å². The van der Waals surface area contributed by atoms with E-state index in [0.717, 1.165) is 9.47 Å². The zero-order chi connectivity index (χ0) is 31.6. The lowest BCUT2D eigenvalue weighted by Crippen LogP contribution is -2.45. The molecule has 2 amide bonds. The molecule has 2 heterocycles. The molecule has 3 N–H and O–H groups in total. The summed E-state index contributed by atoms with van der Waals surface area (Å²) in [6.07, 6.45) is -6.71. The number of benzene rings is 2. The van der Waals surface area contributed by atoms with E-state index in [2.05, 4.69) is 15.5 Å². The Balaban J connectivity index is 1.47. The quantitative estimate of drug-likeness (QED) is 0.281. The first-order valence-corrected chi connectivity index (χ1v) is 12.7. The van der Waals surface area contributed by atoms with E-state index in [9.17, 15) is 49.1 Å². The fourth-order valence-electron chi connectivity index (χ4n) is 4.68. The molecule has 0 bridgehead atoms. The molecule has 43 heavy (non-hydrogen) atoms. The lowest BCUT2D eigenvalue weighted by Gasteiger charge is -2.30. The molecular weight excluding hydrogens is 599 g/mol. The summed E-state index contributed by atoms with van der Waals surface area (Å²) in [6.45, 7) is -0.822. The van der Waals surface area contributed by atoms with Crippen LogP contribution in [0.15, 0.2) is 24.3 Å². The van der Waals surface area contributed by atoms with Crippen LogP contribution in [0.3, 0.4) is 0 Å². The number of hydrogen-bond acceptors (Lipinski definition) is 5. The number of halogens is 9. The molecule has 0 saturated heterocycles. The van der Waals surface area contributed by atoms with Crippen LogP contribution in [0, 0.1) is 34.9 Å². The fraction of sp³-hybridized carbons (Fsp3) is 0.385. The molecule has 1 aliphatic rings. The largest absolute Gasteiger partial charge is 0.451 e. The first kappa shape index (κ1) is 31.8. The fourth-order valence-corrected chi connectivity index (χ4v) is 4.68. The highest BCUT2D eigenvalue weighted by molar-refractivity contribution is 5.80. The number of alkyl halides is 3. The molecule has 232 valence electrons. The molecule has 0 saturated carbocycles. The van der Waals surface area contributed by atoms with Crippen LogP contribution in [-0.4, -0.2) is 50.1 Å². The van der Waals surface area contributed by atoms with Crippen LogP contribution >= 0.6 is 0 Å². The number of amides is 2. The number of nitrogens with two attached hydrogens (primary N) is 1. The number of rotatable bonds is 9. The molecule has 1 aromatic heterocycles. The van der Waals surface area contributed by atoms with E-state index in [0.29, 0.717) is 18.2 Å². The maximum absolute atomic E-state index is 14.4. The third-order valence-electron chi connectivity index (χ3n) is 6.72. The van der Waals surface area contributed by atoms with Gasteiger partial charge in [0.1, 0.15) is 11.6 Å². The van der Waals surface area contributed by atoms with E-state index in [1.165, 1.54) is 0 Å². The Morgan fingerprint density at radius 3 is 1.95 bits per heavy atom. The topological polar surface area (TPSA) is 106 Å². The van der Waals surface area contributed by atoms with E-state index in [-0.39, 0.29) is 43.5 Å². The van der Waals surface area contributed by atoms with E-state index in [1.54, 1.807) is 0 Å². The molecule has 4 rings (SSSR count).